The highest BCUT2D eigenvalue weighted by Crippen LogP contribution is 2.42. The number of rotatable bonds is 3. The van der Waals surface area contributed by atoms with Crippen LogP contribution in [0.15, 0.2) is 0 Å². The summed E-state index contributed by atoms with van der Waals surface area (Å²) >= 11 is 0. The van der Waals surface area contributed by atoms with Gasteiger partial charge in [0, 0.05) is 7.11 Å². The largest absolute Gasteiger partial charge is 0.406 e. The van der Waals surface area contributed by atoms with Gasteiger partial charge in [0.15, 0.2) is 20.4 Å². The summed E-state index contributed by atoms with van der Waals surface area (Å²) in [5.74, 6) is -0.601. The summed E-state index contributed by atoms with van der Waals surface area (Å²) in [5.41, 5.74) is 0. The lowest BCUT2D eigenvalue weighted by Gasteiger charge is -2.44. The Labute approximate surface area is 129 Å². The molecule has 0 radical (unpaired) electrons. The Kier molecular flexibility index (Phi) is 4.62. The van der Waals surface area contributed by atoms with Gasteiger partial charge in [-0.2, -0.15) is 0 Å². The van der Waals surface area contributed by atoms with Gasteiger partial charge in [0.25, 0.3) is 0 Å². The van der Waals surface area contributed by atoms with Crippen molar-refractivity contribution in [1.29, 1.82) is 0 Å². The molecule has 0 bridgehead atoms. The maximum atomic E-state index is 6.54. The molecular weight excluding hydrogens is 288 g/mol. The fraction of sp³-hybridized carbons (Fsp3) is 1.00. The molecule has 0 spiro atoms. The van der Waals surface area contributed by atoms with Crippen molar-refractivity contribution in [2.75, 3.05) is 13.7 Å². The van der Waals surface area contributed by atoms with Crippen LogP contribution in [0.1, 0.15) is 34.6 Å². The molecule has 2 aliphatic heterocycles. The van der Waals surface area contributed by atoms with Gasteiger partial charge in [-0.1, -0.05) is 20.8 Å². The molecule has 0 aliphatic carbocycles. The number of ether oxygens (including phenoxy) is 4. The van der Waals surface area contributed by atoms with Gasteiger partial charge in [-0.3, -0.25) is 0 Å². The minimum absolute atomic E-state index is 0.0961. The van der Waals surface area contributed by atoms with E-state index in [9.17, 15) is 0 Å². The minimum atomic E-state index is -1.95. The normalized spacial score (nSPS) is 36.6. The van der Waals surface area contributed by atoms with Crippen LogP contribution in [0.25, 0.3) is 0 Å². The van der Waals surface area contributed by atoms with E-state index in [0.29, 0.717) is 6.61 Å². The SMILES string of the molecule is CO[C@H]1OC[C@@H]2OC(C)(C)O[C@@H]2[C@H]1O[Si](C)(C)C(C)(C)C. The molecule has 6 heteroatoms. The lowest BCUT2D eigenvalue weighted by Crippen LogP contribution is -2.58. The summed E-state index contributed by atoms with van der Waals surface area (Å²) in [4.78, 5) is 0. The maximum absolute atomic E-state index is 6.54. The summed E-state index contributed by atoms with van der Waals surface area (Å²) in [7, 11) is -0.305. The van der Waals surface area contributed by atoms with Crippen LogP contribution in [-0.4, -0.2) is 52.4 Å². The van der Waals surface area contributed by atoms with E-state index in [1.165, 1.54) is 0 Å². The summed E-state index contributed by atoms with van der Waals surface area (Å²) in [6.45, 7) is 15.4. The first-order chi connectivity index (χ1) is 9.47. The molecule has 0 N–H and O–H groups in total. The molecule has 0 aromatic carbocycles. The first kappa shape index (κ1) is 17.4. The fourth-order valence-corrected chi connectivity index (χ4v) is 3.83. The topological polar surface area (TPSA) is 46.2 Å². The Bertz CT molecular complexity index is 377. The van der Waals surface area contributed by atoms with Crippen LogP contribution in [-0.2, 0) is 23.4 Å². The fourth-order valence-electron chi connectivity index (χ4n) is 2.55. The van der Waals surface area contributed by atoms with Gasteiger partial charge in [0.2, 0.25) is 0 Å². The third-order valence-electron chi connectivity index (χ3n) is 4.71. The van der Waals surface area contributed by atoms with Gasteiger partial charge in [0.1, 0.15) is 18.3 Å². The smallest absolute Gasteiger partial charge is 0.192 e. The molecular formula is C15H30O5Si. The predicted molar refractivity (Wildman–Crippen MR) is 82.6 cm³/mol. The van der Waals surface area contributed by atoms with E-state index in [1.54, 1.807) is 7.11 Å². The third kappa shape index (κ3) is 3.51. The number of hydrogen-bond acceptors (Lipinski definition) is 5. The molecule has 0 saturated carbocycles. The second-order valence-corrected chi connectivity index (χ2v) is 12.7. The summed E-state index contributed by atoms with van der Waals surface area (Å²) in [6, 6.07) is 0. The Balaban J connectivity index is 2.20. The van der Waals surface area contributed by atoms with Crippen LogP contribution in [0.4, 0.5) is 0 Å². The van der Waals surface area contributed by atoms with E-state index in [-0.39, 0.29) is 23.4 Å². The lowest BCUT2D eigenvalue weighted by molar-refractivity contribution is -0.237. The van der Waals surface area contributed by atoms with Gasteiger partial charge >= 0.3 is 0 Å². The lowest BCUT2D eigenvalue weighted by atomic mass is 10.1. The zero-order valence-corrected chi connectivity index (χ0v) is 15.6. The van der Waals surface area contributed by atoms with Crippen molar-refractivity contribution in [3.63, 3.8) is 0 Å². The van der Waals surface area contributed by atoms with Crippen molar-refractivity contribution in [1.82, 2.24) is 0 Å². The van der Waals surface area contributed by atoms with E-state index in [4.69, 9.17) is 23.4 Å². The zero-order chi connectivity index (χ0) is 16.1. The maximum Gasteiger partial charge on any atom is 0.192 e. The van der Waals surface area contributed by atoms with Crippen LogP contribution in [0.3, 0.4) is 0 Å². The molecule has 2 saturated heterocycles. The molecule has 0 unspecified atom stereocenters. The van der Waals surface area contributed by atoms with Crippen molar-refractivity contribution in [2.24, 2.45) is 0 Å². The summed E-state index contributed by atoms with van der Waals surface area (Å²) in [5, 5.41) is 0.118. The molecule has 2 aliphatic rings. The quantitative estimate of drug-likeness (QED) is 0.749. The van der Waals surface area contributed by atoms with Gasteiger partial charge < -0.3 is 23.4 Å². The van der Waals surface area contributed by atoms with Gasteiger partial charge in [-0.15, -0.1) is 0 Å². The average molecular weight is 318 g/mol. The van der Waals surface area contributed by atoms with E-state index in [2.05, 4.69) is 33.9 Å². The number of methoxy groups -OCH3 is 1. The molecule has 4 atom stereocenters. The Morgan fingerprint density at radius 2 is 1.76 bits per heavy atom. The second-order valence-electron chi connectivity index (χ2n) is 7.92. The average Bonchev–Trinajstić information content (AvgIpc) is 2.62. The number of hydrogen-bond donors (Lipinski definition) is 0. The molecule has 124 valence electrons. The molecule has 2 rings (SSSR count). The van der Waals surface area contributed by atoms with Crippen molar-refractivity contribution in [3.8, 4) is 0 Å². The summed E-state index contributed by atoms with van der Waals surface area (Å²) in [6.07, 6.45) is -0.900. The van der Waals surface area contributed by atoms with Gasteiger partial charge in [-0.25, -0.2) is 0 Å². The monoisotopic (exact) mass is 318 g/mol. The first-order valence-electron chi connectivity index (χ1n) is 7.65. The molecule has 0 amide bonds. The van der Waals surface area contributed by atoms with E-state index < -0.39 is 20.4 Å². The van der Waals surface area contributed by atoms with Crippen LogP contribution >= 0.6 is 0 Å². The highest BCUT2D eigenvalue weighted by molar-refractivity contribution is 6.74. The van der Waals surface area contributed by atoms with Crippen LogP contribution < -0.4 is 0 Å². The van der Waals surface area contributed by atoms with Crippen molar-refractivity contribution >= 4 is 8.32 Å². The van der Waals surface area contributed by atoms with Crippen LogP contribution in [0.2, 0.25) is 18.1 Å². The first-order valence-corrected chi connectivity index (χ1v) is 10.6. The molecule has 0 aromatic heterocycles. The minimum Gasteiger partial charge on any atom is -0.406 e. The second kappa shape index (κ2) is 5.58. The Morgan fingerprint density at radius 1 is 1.14 bits per heavy atom. The van der Waals surface area contributed by atoms with Gasteiger partial charge in [-0.05, 0) is 32.0 Å². The number of fused-ring (bicyclic) bond motifs is 1. The van der Waals surface area contributed by atoms with Crippen LogP contribution in [0, 0.1) is 0 Å². The Morgan fingerprint density at radius 3 is 2.29 bits per heavy atom. The van der Waals surface area contributed by atoms with E-state index in [1.807, 2.05) is 13.8 Å². The highest BCUT2D eigenvalue weighted by Gasteiger charge is 2.54. The molecule has 21 heavy (non-hydrogen) atoms. The molecule has 2 fully saturated rings. The summed E-state index contributed by atoms with van der Waals surface area (Å²) < 4.78 is 29.8. The molecule has 2 heterocycles. The van der Waals surface area contributed by atoms with Gasteiger partial charge in [0.05, 0.1) is 6.61 Å². The van der Waals surface area contributed by atoms with Crippen molar-refractivity contribution < 1.29 is 23.4 Å². The van der Waals surface area contributed by atoms with Crippen molar-refractivity contribution in [3.05, 3.63) is 0 Å². The van der Waals surface area contributed by atoms with Crippen LogP contribution in [0.5, 0.6) is 0 Å². The standard InChI is InChI=1S/C15H30O5Si/c1-14(2,3)21(7,8)20-12-11-10(9-17-13(12)16-6)18-15(4,5)19-11/h10-13H,9H2,1-8H3/t10-,11-,12+,13-/m0/s1. The Hall–Kier alpha value is 0.0169. The van der Waals surface area contributed by atoms with E-state index in [0.717, 1.165) is 0 Å². The molecule has 0 aromatic rings. The highest BCUT2D eigenvalue weighted by atomic mass is 28.4. The van der Waals surface area contributed by atoms with Crippen molar-refractivity contribution in [2.45, 2.75) is 83.1 Å². The third-order valence-corrected chi connectivity index (χ3v) is 9.18. The van der Waals surface area contributed by atoms with E-state index >= 15 is 0 Å². The predicted octanol–water partition coefficient (Wildman–Crippen LogP) is 2.90. The molecule has 5 nitrogen and oxygen atoms in total. The zero-order valence-electron chi connectivity index (χ0n) is 14.6.